The van der Waals surface area contributed by atoms with E-state index in [9.17, 15) is 4.79 Å². The van der Waals surface area contributed by atoms with E-state index in [1.165, 1.54) is 5.56 Å². The zero-order chi connectivity index (χ0) is 24.8. The molecule has 1 heterocycles. The lowest BCUT2D eigenvalue weighted by Gasteiger charge is -2.34. The second-order valence-corrected chi connectivity index (χ2v) is 9.05. The van der Waals surface area contributed by atoms with Gasteiger partial charge in [-0.05, 0) is 60.8 Å². The number of rotatable bonds is 9. The number of nitrogens with two attached hydrogens (primary N) is 1. The Hall–Kier alpha value is -3.95. The van der Waals surface area contributed by atoms with Gasteiger partial charge in [0.15, 0.2) is 0 Å². The summed E-state index contributed by atoms with van der Waals surface area (Å²) in [6.45, 7) is 5.92. The fourth-order valence-electron chi connectivity index (χ4n) is 4.53. The van der Waals surface area contributed by atoms with Crippen molar-refractivity contribution in [1.82, 2.24) is 14.5 Å². The Morgan fingerprint density at radius 1 is 1.03 bits per heavy atom. The number of hydrogen-bond acceptors (Lipinski definition) is 4. The Morgan fingerprint density at radius 2 is 1.71 bits per heavy atom. The average Bonchev–Trinajstić information content (AvgIpc) is 3.24. The molecule has 35 heavy (non-hydrogen) atoms. The molecule has 4 rings (SSSR count). The van der Waals surface area contributed by atoms with E-state index in [0.29, 0.717) is 37.2 Å². The van der Waals surface area contributed by atoms with Crippen molar-refractivity contribution in [2.45, 2.75) is 32.9 Å². The van der Waals surface area contributed by atoms with E-state index >= 15 is 0 Å². The third-order valence-corrected chi connectivity index (χ3v) is 6.22. The zero-order valence-electron chi connectivity index (χ0n) is 20.3. The summed E-state index contributed by atoms with van der Waals surface area (Å²) in [6.07, 6.45) is 0.685. The lowest BCUT2D eigenvalue weighted by atomic mass is 9.99. The molecule has 0 radical (unpaired) electrons. The summed E-state index contributed by atoms with van der Waals surface area (Å²) in [4.78, 5) is 20.8. The zero-order valence-corrected chi connectivity index (χ0v) is 20.3. The van der Waals surface area contributed by atoms with Gasteiger partial charge in [0.2, 0.25) is 0 Å². The van der Waals surface area contributed by atoms with Crippen LogP contribution in [0.2, 0.25) is 0 Å². The maximum absolute atomic E-state index is 13.8. The van der Waals surface area contributed by atoms with Crippen molar-refractivity contribution in [2.24, 2.45) is 11.7 Å². The molecule has 1 amide bonds. The summed E-state index contributed by atoms with van der Waals surface area (Å²) >= 11 is 0. The molecule has 0 saturated carbocycles. The van der Waals surface area contributed by atoms with E-state index in [1.54, 1.807) is 24.3 Å². The number of imidazole rings is 1. The number of nitrogens with zero attached hydrogens (tertiary/aromatic N) is 4. The van der Waals surface area contributed by atoms with E-state index in [-0.39, 0.29) is 17.9 Å². The predicted molar refractivity (Wildman–Crippen MR) is 139 cm³/mol. The molecule has 1 aromatic heterocycles. The molecule has 0 bridgehead atoms. The number of aromatic nitrogens is 2. The van der Waals surface area contributed by atoms with Crippen LogP contribution in [0.5, 0.6) is 0 Å². The second kappa shape index (κ2) is 11.0. The van der Waals surface area contributed by atoms with Crippen LogP contribution in [0, 0.1) is 17.2 Å². The molecular formula is C29H31N5O. The Kier molecular flexibility index (Phi) is 7.59. The molecule has 3 aromatic carbocycles. The summed E-state index contributed by atoms with van der Waals surface area (Å²) in [5.41, 5.74) is 10.1. The number of benzene rings is 3. The molecule has 0 aliphatic heterocycles. The van der Waals surface area contributed by atoms with Crippen molar-refractivity contribution in [3.63, 3.8) is 0 Å². The molecule has 0 aliphatic carbocycles. The summed E-state index contributed by atoms with van der Waals surface area (Å²) in [5, 5.41) is 9.15. The third-order valence-electron chi connectivity index (χ3n) is 6.22. The minimum Gasteiger partial charge on any atom is -0.330 e. The number of para-hydroxylation sites is 2. The number of nitriles is 1. The van der Waals surface area contributed by atoms with Crippen LogP contribution in [0.25, 0.3) is 11.0 Å². The first kappa shape index (κ1) is 24.2. The minimum atomic E-state index is -0.249. The first-order chi connectivity index (χ1) is 17.0. The fraction of sp³-hybridized carbons (Fsp3) is 0.276. The van der Waals surface area contributed by atoms with Crippen LogP contribution in [0.4, 0.5) is 0 Å². The molecule has 0 fully saturated rings. The van der Waals surface area contributed by atoms with Gasteiger partial charge in [-0.2, -0.15) is 5.26 Å². The van der Waals surface area contributed by atoms with Crippen LogP contribution in [0.1, 0.15) is 53.6 Å². The first-order valence-electron chi connectivity index (χ1n) is 12.0. The van der Waals surface area contributed by atoms with Gasteiger partial charge >= 0.3 is 0 Å². The van der Waals surface area contributed by atoms with Gasteiger partial charge in [0.05, 0.1) is 28.7 Å². The first-order valence-corrected chi connectivity index (χ1v) is 12.0. The van der Waals surface area contributed by atoms with Crippen LogP contribution in [-0.4, -0.2) is 33.4 Å². The predicted octanol–water partition coefficient (Wildman–Crippen LogP) is 5.14. The van der Waals surface area contributed by atoms with Gasteiger partial charge < -0.3 is 15.2 Å². The Morgan fingerprint density at radius 3 is 2.37 bits per heavy atom. The maximum Gasteiger partial charge on any atom is 0.254 e. The molecule has 0 spiro atoms. The summed E-state index contributed by atoms with van der Waals surface area (Å²) in [5.74, 6) is 0.894. The Balaban J connectivity index is 1.82. The van der Waals surface area contributed by atoms with Gasteiger partial charge in [0.25, 0.3) is 5.91 Å². The SMILES string of the molecule is CC(C)[C@H](c1nc2ccccc2n1Cc1ccccc1)N(CCCN)C(=O)c1ccc(C#N)cc1. The molecule has 0 saturated heterocycles. The van der Waals surface area contributed by atoms with Crippen LogP contribution < -0.4 is 5.73 Å². The quantitative estimate of drug-likeness (QED) is 0.370. The lowest BCUT2D eigenvalue weighted by molar-refractivity contribution is 0.0605. The third kappa shape index (κ3) is 5.26. The van der Waals surface area contributed by atoms with Gasteiger partial charge in [-0.25, -0.2) is 4.98 Å². The molecular weight excluding hydrogens is 434 g/mol. The van der Waals surface area contributed by atoms with Crippen molar-refractivity contribution in [2.75, 3.05) is 13.1 Å². The molecule has 6 heteroatoms. The van der Waals surface area contributed by atoms with Gasteiger partial charge in [-0.1, -0.05) is 56.3 Å². The maximum atomic E-state index is 13.8. The molecule has 4 aromatic rings. The number of carbonyl (C=O) groups is 1. The number of fused-ring (bicyclic) bond motifs is 1. The van der Waals surface area contributed by atoms with Crippen LogP contribution in [-0.2, 0) is 6.54 Å². The van der Waals surface area contributed by atoms with E-state index in [1.807, 2.05) is 41.3 Å². The monoisotopic (exact) mass is 465 g/mol. The highest BCUT2D eigenvalue weighted by Crippen LogP contribution is 2.33. The largest absolute Gasteiger partial charge is 0.330 e. The van der Waals surface area contributed by atoms with Gasteiger partial charge in [-0.3, -0.25) is 4.79 Å². The van der Waals surface area contributed by atoms with E-state index in [4.69, 9.17) is 16.0 Å². The molecule has 0 aliphatic rings. The van der Waals surface area contributed by atoms with Crippen molar-refractivity contribution >= 4 is 16.9 Å². The van der Waals surface area contributed by atoms with E-state index in [2.05, 4.69) is 42.7 Å². The standard InChI is InChI=1S/C29H31N5O/c1-21(2)27(33(18-8-17-30)29(35)24-15-13-22(19-31)14-16-24)28-32-25-11-6-7-12-26(25)34(28)20-23-9-4-3-5-10-23/h3-7,9-16,21,27H,8,17-18,20,30H2,1-2H3/t27-/m1/s1. The van der Waals surface area contributed by atoms with Gasteiger partial charge in [0.1, 0.15) is 5.82 Å². The molecule has 6 nitrogen and oxygen atoms in total. The Bertz CT molecular complexity index is 1320. The highest BCUT2D eigenvalue weighted by atomic mass is 16.2. The fourth-order valence-corrected chi connectivity index (χ4v) is 4.53. The highest BCUT2D eigenvalue weighted by molar-refractivity contribution is 5.94. The molecule has 1 atom stereocenters. The summed E-state index contributed by atoms with van der Waals surface area (Å²) in [7, 11) is 0. The molecule has 178 valence electrons. The van der Waals surface area contributed by atoms with Crippen LogP contribution in [0.3, 0.4) is 0 Å². The lowest BCUT2D eigenvalue weighted by Crippen LogP contribution is -2.40. The second-order valence-electron chi connectivity index (χ2n) is 9.05. The number of hydrogen-bond donors (Lipinski definition) is 1. The topological polar surface area (TPSA) is 87.9 Å². The van der Waals surface area contributed by atoms with Crippen molar-refractivity contribution < 1.29 is 4.79 Å². The van der Waals surface area contributed by atoms with E-state index in [0.717, 1.165) is 16.9 Å². The molecule has 0 unspecified atom stereocenters. The van der Waals surface area contributed by atoms with Gasteiger partial charge in [0, 0.05) is 18.7 Å². The van der Waals surface area contributed by atoms with Crippen molar-refractivity contribution in [1.29, 1.82) is 5.26 Å². The normalized spacial score (nSPS) is 12.0. The number of carbonyl (C=O) groups excluding carboxylic acids is 1. The average molecular weight is 466 g/mol. The summed E-state index contributed by atoms with van der Waals surface area (Å²) in [6, 6.07) is 27.1. The van der Waals surface area contributed by atoms with E-state index < -0.39 is 0 Å². The van der Waals surface area contributed by atoms with Crippen LogP contribution in [0.15, 0.2) is 78.9 Å². The van der Waals surface area contributed by atoms with Crippen LogP contribution >= 0.6 is 0 Å². The van der Waals surface area contributed by atoms with Crippen molar-refractivity contribution in [3.05, 3.63) is 101 Å². The summed E-state index contributed by atoms with van der Waals surface area (Å²) < 4.78 is 2.23. The minimum absolute atomic E-state index is 0.0834. The van der Waals surface area contributed by atoms with Gasteiger partial charge in [-0.15, -0.1) is 0 Å². The highest BCUT2D eigenvalue weighted by Gasteiger charge is 2.32. The van der Waals surface area contributed by atoms with Crippen molar-refractivity contribution in [3.8, 4) is 6.07 Å². The number of amides is 1. The molecule has 2 N–H and O–H groups in total. The Labute approximate surface area is 206 Å². The smallest absolute Gasteiger partial charge is 0.254 e.